The lowest BCUT2D eigenvalue weighted by Gasteiger charge is -2.09. The molecule has 148 valence electrons. The molecule has 0 saturated heterocycles. The van der Waals surface area contributed by atoms with Crippen molar-refractivity contribution in [2.24, 2.45) is 0 Å². The Balaban J connectivity index is 2.05. The summed E-state index contributed by atoms with van der Waals surface area (Å²) in [5, 5.41) is 10.8. The van der Waals surface area contributed by atoms with Crippen molar-refractivity contribution in [2.45, 2.75) is 26.8 Å². The molecule has 0 bridgehead atoms. The zero-order chi connectivity index (χ0) is 20.8. The molecule has 0 atom stereocenters. The zero-order valence-electron chi connectivity index (χ0n) is 15.8. The molecule has 1 aromatic heterocycles. The molecule has 0 N–H and O–H groups in total. The Morgan fingerprint density at radius 1 is 1.18 bits per heavy atom. The van der Waals surface area contributed by atoms with Crippen molar-refractivity contribution in [3.05, 3.63) is 63.0 Å². The summed E-state index contributed by atoms with van der Waals surface area (Å²) in [6, 6.07) is 6.75. The van der Waals surface area contributed by atoms with Gasteiger partial charge in [0.25, 0.3) is 5.69 Å². The van der Waals surface area contributed by atoms with Crippen LogP contribution in [0.2, 0.25) is 0 Å². The van der Waals surface area contributed by atoms with E-state index in [4.69, 9.17) is 4.74 Å². The molecule has 2 rings (SSSR count). The van der Waals surface area contributed by atoms with Crippen molar-refractivity contribution in [2.75, 3.05) is 13.7 Å². The fourth-order valence-electron chi connectivity index (χ4n) is 2.77. The van der Waals surface area contributed by atoms with Crippen LogP contribution in [-0.4, -0.2) is 40.9 Å². The number of hydrogen-bond donors (Lipinski definition) is 0. The zero-order valence-corrected chi connectivity index (χ0v) is 15.8. The van der Waals surface area contributed by atoms with Gasteiger partial charge in [-0.3, -0.25) is 19.7 Å². The van der Waals surface area contributed by atoms with E-state index in [1.165, 1.54) is 25.3 Å². The monoisotopic (exact) mass is 388 g/mol. The van der Waals surface area contributed by atoms with E-state index >= 15 is 0 Å². The van der Waals surface area contributed by atoms with Gasteiger partial charge in [0.15, 0.2) is 6.61 Å². The molecule has 0 aliphatic carbocycles. The van der Waals surface area contributed by atoms with Crippen LogP contribution in [0.3, 0.4) is 0 Å². The van der Waals surface area contributed by atoms with Gasteiger partial charge in [0.05, 0.1) is 24.0 Å². The molecular formula is C19H20N2O7. The van der Waals surface area contributed by atoms with Gasteiger partial charge in [-0.15, -0.1) is 0 Å². The Bertz CT molecular complexity index is 930. The van der Waals surface area contributed by atoms with Crippen molar-refractivity contribution in [3.63, 3.8) is 0 Å². The van der Waals surface area contributed by atoms with E-state index in [1.54, 1.807) is 19.9 Å². The molecule has 9 nitrogen and oxygen atoms in total. The number of carbonyl (C=O) groups excluding carboxylic acids is 3. The quantitative estimate of drug-likeness (QED) is 0.295. The Morgan fingerprint density at radius 2 is 1.89 bits per heavy atom. The maximum absolute atomic E-state index is 12.4. The second-order valence-corrected chi connectivity index (χ2v) is 6.07. The van der Waals surface area contributed by atoms with E-state index in [0.717, 1.165) is 11.8 Å². The summed E-state index contributed by atoms with van der Waals surface area (Å²) in [5.74, 6) is -1.58. The van der Waals surface area contributed by atoms with Crippen LogP contribution in [0.5, 0.6) is 0 Å². The molecule has 0 saturated carbocycles. The number of carbonyl (C=O) groups is 3. The van der Waals surface area contributed by atoms with Crippen LogP contribution in [0.15, 0.2) is 30.3 Å². The molecule has 0 amide bonds. The summed E-state index contributed by atoms with van der Waals surface area (Å²) < 4.78 is 11.4. The van der Waals surface area contributed by atoms with Crippen LogP contribution in [-0.2, 0) is 20.8 Å². The van der Waals surface area contributed by atoms with E-state index in [-0.39, 0.29) is 23.6 Å². The third kappa shape index (κ3) is 4.81. The Kier molecular flexibility index (Phi) is 6.64. The van der Waals surface area contributed by atoms with Crippen LogP contribution in [0.25, 0.3) is 0 Å². The predicted octanol–water partition coefficient (Wildman–Crippen LogP) is 2.62. The molecule has 0 aliphatic rings. The molecule has 9 heteroatoms. The number of nitro groups is 1. The van der Waals surface area contributed by atoms with Gasteiger partial charge in [0, 0.05) is 35.6 Å². The molecule has 0 unspecified atom stereocenters. The largest absolute Gasteiger partial charge is 0.469 e. The van der Waals surface area contributed by atoms with Crippen molar-refractivity contribution >= 4 is 23.4 Å². The first-order valence-corrected chi connectivity index (χ1v) is 8.43. The lowest BCUT2D eigenvalue weighted by atomic mass is 10.1. The summed E-state index contributed by atoms with van der Waals surface area (Å²) in [4.78, 5) is 46.0. The number of aromatic nitrogens is 1. The number of ether oxygens (including phenoxy) is 2. The highest BCUT2D eigenvalue weighted by molar-refractivity contribution is 6.00. The number of nitro benzene ring substituents is 1. The van der Waals surface area contributed by atoms with E-state index in [9.17, 15) is 24.5 Å². The lowest BCUT2D eigenvalue weighted by Crippen LogP contribution is -2.15. The maximum atomic E-state index is 12.4. The molecule has 0 spiro atoms. The standard InChI is InChI=1S/C19H20N2O7/c1-12-9-16(13(2)20(12)8-7-18(23)27-3)17(22)11-28-19(24)14-5-4-6-15(10-14)21(25)26/h4-6,9-10H,7-8,11H2,1-3H3. The van der Waals surface area contributed by atoms with Gasteiger partial charge in [-0.05, 0) is 26.0 Å². The van der Waals surface area contributed by atoms with Crippen LogP contribution in [0.4, 0.5) is 5.69 Å². The second-order valence-electron chi connectivity index (χ2n) is 6.07. The first-order valence-electron chi connectivity index (χ1n) is 8.43. The highest BCUT2D eigenvalue weighted by atomic mass is 16.6. The Labute approximate surface area is 161 Å². The summed E-state index contributed by atoms with van der Waals surface area (Å²) in [6.45, 7) is 3.41. The van der Waals surface area contributed by atoms with E-state index in [2.05, 4.69) is 4.74 Å². The molecule has 0 radical (unpaired) electrons. The number of ketones is 1. The van der Waals surface area contributed by atoms with E-state index < -0.39 is 23.3 Å². The Morgan fingerprint density at radius 3 is 2.54 bits per heavy atom. The minimum Gasteiger partial charge on any atom is -0.469 e. The topological polar surface area (TPSA) is 118 Å². The fraction of sp³-hybridized carbons (Fsp3) is 0.316. The van der Waals surface area contributed by atoms with Gasteiger partial charge in [-0.25, -0.2) is 4.79 Å². The number of hydrogen-bond acceptors (Lipinski definition) is 7. The van der Waals surface area contributed by atoms with Gasteiger partial charge in [0.1, 0.15) is 0 Å². The summed E-state index contributed by atoms with van der Waals surface area (Å²) in [7, 11) is 1.31. The van der Waals surface area contributed by atoms with Crippen molar-refractivity contribution in [1.29, 1.82) is 0 Å². The fourth-order valence-corrected chi connectivity index (χ4v) is 2.77. The van der Waals surface area contributed by atoms with Crippen LogP contribution < -0.4 is 0 Å². The highest BCUT2D eigenvalue weighted by Gasteiger charge is 2.19. The lowest BCUT2D eigenvalue weighted by molar-refractivity contribution is -0.384. The summed E-state index contributed by atoms with van der Waals surface area (Å²) in [5.41, 5.74) is 1.57. The third-order valence-corrected chi connectivity index (χ3v) is 4.27. The van der Waals surface area contributed by atoms with Gasteiger partial charge < -0.3 is 14.0 Å². The molecule has 1 aromatic carbocycles. The number of methoxy groups -OCH3 is 1. The molecule has 0 fully saturated rings. The van der Waals surface area contributed by atoms with Gasteiger partial charge in [-0.1, -0.05) is 6.07 Å². The first kappa shape index (κ1) is 20.8. The number of aryl methyl sites for hydroxylation is 1. The van der Waals surface area contributed by atoms with Gasteiger partial charge in [0.2, 0.25) is 5.78 Å². The molecule has 1 heterocycles. The van der Waals surface area contributed by atoms with Gasteiger partial charge >= 0.3 is 11.9 Å². The van der Waals surface area contributed by atoms with Crippen molar-refractivity contribution < 1.29 is 28.8 Å². The number of rotatable bonds is 8. The predicted molar refractivity (Wildman–Crippen MR) is 98.2 cm³/mol. The number of non-ortho nitro benzene ring substituents is 1. The molecule has 2 aromatic rings. The first-order chi connectivity index (χ1) is 13.2. The van der Waals surface area contributed by atoms with E-state index in [0.29, 0.717) is 17.8 Å². The number of nitrogens with zero attached hydrogens (tertiary/aromatic N) is 2. The van der Waals surface area contributed by atoms with E-state index in [1.807, 2.05) is 4.57 Å². The average Bonchev–Trinajstić information content (AvgIpc) is 2.97. The molecule has 0 aliphatic heterocycles. The van der Waals surface area contributed by atoms with Crippen molar-refractivity contribution in [1.82, 2.24) is 4.57 Å². The average molecular weight is 388 g/mol. The minimum absolute atomic E-state index is 0.00875. The number of Topliss-reactive ketones (excluding diaryl/α,β-unsaturated/α-hetero) is 1. The summed E-state index contributed by atoms with van der Waals surface area (Å²) in [6.07, 6.45) is 0.169. The maximum Gasteiger partial charge on any atom is 0.338 e. The third-order valence-electron chi connectivity index (χ3n) is 4.27. The van der Waals surface area contributed by atoms with Crippen molar-refractivity contribution in [3.8, 4) is 0 Å². The summed E-state index contributed by atoms with van der Waals surface area (Å²) >= 11 is 0. The Hall–Kier alpha value is -3.49. The van der Waals surface area contributed by atoms with Crippen LogP contribution in [0, 0.1) is 24.0 Å². The normalized spacial score (nSPS) is 10.4. The highest BCUT2D eigenvalue weighted by Crippen LogP contribution is 2.18. The van der Waals surface area contributed by atoms with Crippen LogP contribution in [0.1, 0.15) is 38.5 Å². The number of benzene rings is 1. The van der Waals surface area contributed by atoms with Crippen LogP contribution >= 0.6 is 0 Å². The second kappa shape index (κ2) is 8.94. The number of esters is 2. The van der Waals surface area contributed by atoms with Gasteiger partial charge in [-0.2, -0.15) is 0 Å². The smallest absolute Gasteiger partial charge is 0.338 e. The minimum atomic E-state index is -0.823. The SMILES string of the molecule is COC(=O)CCn1c(C)cc(C(=O)COC(=O)c2cccc([N+](=O)[O-])c2)c1C. The molecular weight excluding hydrogens is 368 g/mol. The molecule has 28 heavy (non-hydrogen) atoms.